The number of rotatable bonds is 5. The Morgan fingerprint density at radius 2 is 1.47 bits per heavy atom. The molecule has 182 valence electrons. The van der Waals surface area contributed by atoms with E-state index in [0.717, 1.165) is 46.5 Å². The van der Waals surface area contributed by atoms with Crippen molar-refractivity contribution in [2.75, 3.05) is 21.3 Å². The quantitative estimate of drug-likeness (QED) is 0.521. The third-order valence-corrected chi connectivity index (χ3v) is 7.46. The van der Waals surface area contributed by atoms with Gasteiger partial charge in [0.25, 0.3) is 0 Å². The van der Waals surface area contributed by atoms with E-state index in [0.29, 0.717) is 30.8 Å². The number of nitrogens with zero attached hydrogens (tertiary/aromatic N) is 1. The molecule has 34 heavy (non-hydrogen) atoms. The minimum absolute atomic E-state index is 0.118. The Balaban J connectivity index is 2.02. The molecule has 1 aromatic carbocycles. The molecule has 0 amide bonds. The maximum Gasteiger partial charge on any atom is 0.164 e. The van der Waals surface area contributed by atoms with Gasteiger partial charge in [-0.05, 0) is 41.7 Å². The van der Waals surface area contributed by atoms with Crippen LogP contribution in [0.25, 0.3) is 0 Å². The molecule has 0 atom stereocenters. The maximum atomic E-state index is 13.7. The Hall–Kier alpha value is -2.82. The third kappa shape index (κ3) is 3.99. The first-order valence-electron chi connectivity index (χ1n) is 12.0. The number of hydrogen-bond acceptors (Lipinski definition) is 5. The number of methoxy groups -OCH3 is 2. The largest absolute Gasteiger partial charge is 0.493 e. The summed E-state index contributed by atoms with van der Waals surface area (Å²) in [6.45, 7) is 12.5. The van der Waals surface area contributed by atoms with Gasteiger partial charge < -0.3 is 14.4 Å². The molecular weight excluding hydrogens is 426 g/mol. The molecule has 1 heterocycles. The highest BCUT2D eigenvalue weighted by atomic mass is 16.5. The monoisotopic (exact) mass is 463 g/mol. The lowest BCUT2D eigenvalue weighted by Crippen LogP contribution is -2.43. The van der Waals surface area contributed by atoms with Crippen molar-refractivity contribution in [1.82, 2.24) is 4.90 Å². The highest BCUT2D eigenvalue weighted by molar-refractivity contribution is 6.06. The Labute approximate surface area is 203 Å². The van der Waals surface area contributed by atoms with Gasteiger partial charge in [-0.2, -0.15) is 0 Å². The molecule has 0 fully saturated rings. The summed E-state index contributed by atoms with van der Waals surface area (Å²) in [6, 6.07) is 4.00. The Bertz CT molecular complexity index is 1080. The molecule has 0 saturated carbocycles. The Kier molecular flexibility index (Phi) is 6.03. The van der Waals surface area contributed by atoms with Crippen molar-refractivity contribution in [2.45, 2.75) is 65.7 Å². The van der Waals surface area contributed by atoms with Crippen molar-refractivity contribution >= 4 is 11.6 Å². The molecule has 0 aromatic heterocycles. The maximum absolute atomic E-state index is 13.7. The van der Waals surface area contributed by atoms with Crippen molar-refractivity contribution in [3.63, 3.8) is 0 Å². The fourth-order valence-electron chi connectivity index (χ4n) is 6.04. The molecule has 0 bridgehead atoms. The lowest BCUT2D eigenvalue weighted by Gasteiger charge is -2.48. The summed E-state index contributed by atoms with van der Waals surface area (Å²) < 4.78 is 11.3. The molecule has 0 radical (unpaired) electrons. The van der Waals surface area contributed by atoms with Crippen molar-refractivity contribution < 1.29 is 19.1 Å². The van der Waals surface area contributed by atoms with Crippen LogP contribution in [0.4, 0.5) is 0 Å². The molecule has 5 heteroatoms. The highest BCUT2D eigenvalue weighted by Gasteiger charge is 2.48. The normalized spacial score (nSPS) is 21.9. The number of ketones is 2. The first-order chi connectivity index (χ1) is 15.9. The fourth-order valence-corrected chi connectivity index (χ4v) is 6.04. The molecule has 3 aliphatic rings. The number of carbonyl (C=O) groups excluding carboxylic acids is 2. The zero-order chi connectivity index (χ0) is 25.0. The Morgan fingerprint density at radius 3 is 1.91 bits per heavy atom. The topological polar surface area (TPSA) is 55.8 Å². The highest BCUT2D eigenvalue weighted by Crippen LogP contribution is 2.54. The SMILES string of the molecule is C=CCc1cc(C2C3=C(CC(C)(C)CC3=O)N(C)C3=C2C(=O)CC(C)(C)C3)cc(OC)c1OC. The van der Waals surface area contributed by atoms with E-state index in [9.17, 15) is 9.59 Å². The van der Waals surface area contributed by atoms with Crippen molar-refractivity contribution in [1.29, 1.82) is 0 Å². The predicted molar refractivity (Wildman–Crippen MR) is 134 cm³/mol. The van der Waals surface area contributed by atoms with Crippen molar-refractivity contribution in [3.8, 4) is 11.5 Å². The van der Waals surface area contributed by atoms with E-state index in [1.165, 1.54) is 0 Å². The second-order valence-corrected chi connectivity index (χ2v) is 11.5. The van der Waals surface area contributed by atoms with E-state index in [-0.39, 0.29) is 22.4 Å². The predicted octanol–water partition coefficient (Wildman–Crippen LogP) is 5.75. The second-order valence-electron chi connectivity index (χ2n) is 11.5. The third-order valence-electron chi connectivity index (χ3n) is 7.46. The first-order valence-corrected chi connectivity index (χ1v) is 12.0. The van der Waals surface area contributed by atoms with Gasteiger partial charge in [-0.3, -0.25) is 9.59 Å². The van der Waals surface area contributed by atoms with Gasteiger partial charge in [-0.15, -0.1) is 6.58 Å². The van der Waals surface area contributed by atoms with Crippen LogP contribution in [0.2, 0.25) is 0 Å². The molecule has 0 spiro atoms. The van der Waals surface area contributed by atoms with Gasteiger partial charge in [0.2, 0.25) is 0 Å². The summed E-state index contributed by atoms with van der Waals surface area (Å²) >= 11 is 0. The molecule has 4 rings (SSSR count). The molecule has 5 nitrogen and oxygen atoms in total. The fraction of sp³-hybridized carbons (Fsp3) is 0.517. The van der Waals surface area contributed by atoms with Crippen molar-refractivity contribution in [3.05, 3.63) is 58.5 Å². The van der Waals surface area contributed by atoms with Crippen LogP contribution in [0, 0.1) is 10.8 Å². The summed E-state index contributed by atoms with van der Waals surface area (Å²) in [7, 11) is 5.27. The van der Waals surface area contributed by atoms with Crippen LogP contribution in [0.5, 0.6) is 11.5 Å². The minimum Gasteiger partial charge on any atom is -0.493 e. The summed E-state index contributed by atoms with van der Waals surface area (Å²) in [5.41, 5.74) is 5.24. The van der Waals surface area contributed by atoms with Gasteiger partial charge in [0.05, 0.1) is 14.2 Å². The summed E-state index contributed by atoms with van der Waals surface area (Å²) in [6.07, 6.45) is 4.99. The second kappa shape index (κ2) is 8.44. The summed E-state index contributed by atoms with van der Waals surface area (Å²) in [4.78, 5) is 29.5. The van der Waals surface area contributed by atoms with Gasteiger partial charge in [0, 0.05) is 53.9 Å². The van der Waals surface area contributed by atoms with Gasteiger partial charge in [0.15, 0.2) is 23.1 Å². The lowest BCUT2D eigenvalue weighted by molar-refractivity contribution is -0.119. The zero-order valence-electron chi connectivity index (χ0n) is 21.6. The zero-order valence-corrected chi connectivity index (χ0v) is 21.6. The van der Waals surface area contributed by atoms with Crippen LogP contribution < -0.4 is 9.47 Å². The van der Waals surface area contributed by atoms with E-state index < -0.39 is 5.92 Å². The molecule has 1 aromatic rings. The van der Waals surface area contributed by atoms with Gasteiger partial charge >= 0.3 is 0 Å². The molecular formula is C29H37NO4. The number of hydrogen-bond donors (Lipinski definition) is 0. The average Bonchev–Trinajstić information content (AvgIpc) is 2.73. The van der Waals surface area contributed by atoms with Crippen LogP contribution >= 0.6 is 0 Å². The first kappa shape index (κ1) is 24.3. The van der Waals surface area contributed by atoms with E-state index in [1.807, 2.05) is 19.2 Å². The van der Waals surface area contributed by atoms with Gasteiger partial charge in [-0.1, -0.05) is 39.8 Å². The van der Waals surface area contributed by atoms with Crippen LogP contribution in [0.1, 0.15) is 70.4 Å². The molecule has 0 N–H and O–H groups in total. The minimum atomic E-state index is -0.392. The smallest absolute Gasteiger partial charge is 0.164 e. The Morgan fingerprint density at radius 1 is 0.941 bits per heavy atom. The molecule has 2 aliphatic carbocycles. The number of ether oxygens (including phenoxy) is 2. The molecule has 0 saturated heterocycles. The van der Waals surface area contributed by atoms with Gasteiger partial charge in [-0.25, -0.2) is 0 Å². The van der Waals surface area contributed by atoms with Crippen LogP contribution in [-0.4, -0.2) is 37.7 Å². The standard InChI is InChI=1S/C29H37NO4/c1-9-10-17-11-18(12-23(33-7)27(17)34-8)24-25-19(13-28(2,3)15-21(25)31)30(6)20-14-29(4,5)16-22(32)26(20)24/h9,11-12,24H,1,10,13-16H2,2-8H3. The van der Waals surface area contributed by atoms with Crippen LogP contribution in [0.15, 0.2) is 47.3 Å². The average molecular weight is 464 g/mol. The van der Waals surface area contributed by atoms with E-state index in [4.69, 9.17) is 9.47 Å². The van der Waals surface area contributed by atoms with Crippen LogP contribution in [0.3, 0.4) is 0 Å². The van der Waals surface area contributed by atoms with E-state index >= 15 is 0 Å². The van der Waals surface area contributed by atoms with Crippen molar-refractivity contribution in [2.24, 2.45) is 10.8 Å². The molecule has 0 unspecified atom stereocenters. The molecule has 1 aliphatic heterocycles. The lowest BCUT2D eigenvalue weighted by atomic mass is 9.63. The number of Topliss-reactive ketones (excluding diaryl/α,β-unsaturated/α-hetero) is 2. The number of carbonyl (C=O) groups is 2. The van der Waals surface area contributed by atoms with Crippen LogP contribution in [-0.2, 0) is 16.0 Å². The summed E-state index contributed by atoms with van der Waals surface area (Å²) in [5.74, 6) is 1.14. The number of benzene rings is 1. The van der Waals surface area contributed by atoms with E-state index in [2.05, 4.69) is 45.2 Å². The van der Waals surface area contributed by atoms with Gasteiger partial charge in [0.1, 0.15) is 0 Å². The van der Waals surface area contributed by atoms with E-state index in [1.54, 1.807) is 14.2 Å². The number of allylic oxidation sites excluding steroid dienone is 5. The summed E-state index contributed by atoms with van der Waals surface area (Å²) in [5, 5.41) is 0.